The molecule has 0 saturated heterocycles. The number of nitrogens with two attached hydrogens (primary N) is 1. The number of pyridine rings is 1. The molecule has 0 radical (unpaired) electrons. The van der Waals surface area contributed by atoms with E-state index in [0.717, 1.165) is 4.47 Å². The quantitative estimate of drug-likeness (QED) is 0.863. The molecule has 0 aliphatic rings. The highest BCUT2D eigenvalue weighted by molar-refractivity contribution is 9.10. The molecule has 0 aliphatic carbocycles. The highest BCUT2D eigenvalue weighted by Crippen LogP contribution is 2.29. The van der Waals surface area contributed by atoms with Gasteiger partial charge < -0.3 is 10.5 Å². The van der Waals surface area contributed by atoms with Crippen molar-refractivity contribution in [1.29, 1.82) is 5.26 Å². The summed E-state index contributed by atoms with van der Waals surface area (Å²) in [6.45, 7) is 0. The Kier molecular flexibility index (Phi) is 3.26. The van der Waals surface area contributed by atoms with E-state index >= 15 is 0 Å². The van der Waals surface area contributed by atoms with Crippen LogP contribution in [0.1, 0.15) is 5.69 Å². The SMILES string of the molecule is N#Cc1cc(Oc2ccc(Br)cc2N)ccn1. The molecule has 4 nitrogen and oxygen atoms in total. The molecule has 2 N–H and O–H groups in total. The first-order chi connectivity index (χ1) is 8.19. The number of anilines is 1. The molecule has 0 atom stereocenters. The van der Waals surface area contributed by atoms with E-state index in [2.05, 4.69) is 20.9 Å². The summed E-state index contributed by atoms with van der Waals surface area (Å²) >= 11 is 3.32. The van der Waals surface area contributed by atoms with Crippen LogP contribution in [-0.4, -0.2) is 4.98 Å². The molecule has 0 saturated carbocycles. The second-order valence-corrected chi connectivity index (χ2v) is 4.19. The zero-order valence-corrected chi connectivity index (χ0v) is 10.3. The Labute approximate surface area is 107 Å². The molecule has 1 aromatic carbocycles. The third-order valence-electron chi connectivity index (χ3n) is 2.05. The highest BCUT2D eigenvalue weighted by Gasteiger charge is 2.03. The minimum Gasteiger partial charge on any atom is -0.455 e. The Balaban J connectivity index is 2.28. The van der Waals surface area contributed by atoms with Gasteiger partial charge in [-0.2, -0.15) is 5.26 Å². The fraction of sp³-hybridized carbons (Fsp3) is 0. The molecule has 0 fully saturated rings. The molecule has 2 aromatic rings. The molecule has 1 aromatic heterocycles. The third-order valence-corrected chi connectivity index (χ3v) is 2.54. The highest BCUT2D eigenvalue weighted by atomic mass is 79.9. The number of hydrogen-bond acceptors (Lipinski definition) is 4. The van der Waals surface area contributed by atoms with Crippen LogP contribution in [0.5, 0.6) is 11.5 Å². The van der Waals surface area contributed by atoms with E-state index in [0.29, 0.717) is 22.9 Å². The molecular weight excluding hydrogens is 282 g/mol. The Morgan fingerprint density at radius 3 is 2.82 bits per heavy atom. The zero-order valence-electron chi connectivity index (χ0n) is 8.72. The van der Waals surface area contributed by atoms with Crippen molar-refractivity contribution in [2.75, 3.05) is 5.73 Å². The molecule has 5 heteroatoms. The maximum Gasteiger partial charge on any atom is 0.150 e. The summed E-state index contributed by atoms with van der Waals surface area (Å²) in [5.74, 6) is 1.08. The first-order valence-corrected chi connectivity index (χ1v) is 5.57. The summed E-state index contributed by atoms with van der Waals surface area (Å²) in [5.41, 5.74) is 6.63. The van der Waals surface area contributed by atoms with E-state index in [-0.39, 0.29) is 0 Å². The first-order valence-electron chi connectivity index (χ1n) is 4.78. The fourth-order valence-corrected chi connectivity index (χ4v) is 1.65. The van der Waals surface area contributed by atoms with Crippen LogP contribution in [0.15, 0.2) is 41.0 Å². The van der Waals surface area contributed by atoms with E-state index in [1.165, 1.54) is 6.20 Å². The van der Waals surface area contributed by atoms with Gasteiger partial charge >= 0.3 is 0 Å². The van der Waals surface area contributed by atoms with Gasteiger partial charge in [0.15, 0.2) is 0 Å². The van der Waals surface area contributed by atoms with Crippen LogP contribution in [0.25, 0.3) is 0 Å². The number of aromatic nitrogens is 1. The van der Waals surface area contributed by atoms with Crippen LogP contribution in [-0.2, 0) is 0 Å². The van der Waals surface area contributed by atoms with Crippen LogP contribution < -0.4 is 10.5 Å². The summed E-state index contributed by atoms with van der Waals surface area (Å²) < 4.78 is 6.45. The minimum atomic E-state index is 0.304. The average molecular weight is 290 g/mol. The van der Waals surface area contributed by atoms with Crippen molar-refractivity contribution >= 4 is 21.6 Å². The lowest BCUT2D eigenvalue weighted by molar-refractivity contribution is 0.484. The van der Waals surface area contributed by atoms with Gasteiger partial charge in [-0.25, -0.2) is 4.98 Å². The van der Waals surface area contributed by atoms with E-state index < -0.39 is 0 Å². The normalized spacial score (nSPS) is 9.65. The van der Waals surface area contributed by atoms with Gasteiger partial charge in [0.25, 0.3) is 0 Å². The van der Waals surface area contributed by atoms with Crippen molar-refractivity contribution in [3.63, 3.8) is 0 Å². The van der Waals surface area contributed by atoms with Gasteiger partial charge in [0.05, 0.1) is 5.69 Å². The lowest BCUT2D eigenvalue weighted by atomic mass is 10.3. The molecule has 1 heterocycles. The van der Waals surface area contributed by atoms with E-state index in [9.17, 15) is 0 Å². The van der Waals surface area contributed by atoms with Crippen molar-refractivity contribution in [3.8, 4) is 17.6 Å². The van der Waals surface area contributed by atoms with Crippen molar-refractivity contribution in [2.24, 2.45) is 0 Å². The van der Waals surface area contributed by atoms with Gasteiger partial charge in [-0.15, -0.1) is 0 Å². The Morgan fingerprint density at radius 1 is 1.29 bits per heavy atom. The summed E-state index contributed by atoms with van der Waals surface area (Å²) in [7, 11) is 0. The number of nitriles is 1. The standard InChI is InChI=1S/C12H8BrN3O/c13-8-1-2-12(11(15)5-8)17-10-3-4-16-9(6-10)7-14/h1-6H,15H2. The second kappa shape index (κ2) is 4.85. The molecule has 2 rings (SSSR count). The number of rotatable bonds is 2. The van der Waals surface area contributed by atoms with E-state index in [1.54, 1.807) is 24.3 Å². The van der Waals surface area contributed by atoms with Crippen molar-refractivity contribution in [3.05, 3.63) is 46.7 Å². The van der Waals surface area contributed by atoms with Crippen LogP contribution in [0, 0.1) is 11.3 Å². The van der Waals surface area contributed by atoms with Crippen LogP contribution in [0.3, 0.4) is 0 Å². The van der Waals surface area contributed by atoms with Crippen LogP contribution >= 0.6 is 15.9 Å². The summed E-state index contributed by atoms with van der Waals surface area (Å²) in [6.07, 6.45) is 1.52. The predicted octanol–water partition coefficient (Wildman–Crippen LogP) is 3.09. The Morgan fingerprint density at radius 2 is 2.12 bits per heavy atom. The molecular formula is C12H8BrN3O. The monoisotopic (exact) mass is 289 g/mol. The first kappa shape index (κ1) is 11.4. The lowest BCUT2D eigenvalue weighted by Crippen LogP contribution is -1.92. The Hall–Kier alpha value is -2.06. The maximum absolute atomic E-state index is 8.72. The molecule has 0 aliphatic heterocycles. The largest absolute Gasteiger partial charge is 0.455 e. The van der Waals surface area contributed by atoms with Crippen LogP contribution in [0.2, 0.25) is 0 Å². The van der Waals surface area contributed by atoms with E-state index in [4.69, 9.17) is 15.7 Å². The molecule has 17 heavy (non-hydrogen) atoms. The number of benzene rings is 1. The van der Waals surface area contributed by atoms with Gasteiger partial charge in [-0.1, -0.05) is 15.9 Å². The van der Waals surface area contributed by atoms with Crippen molar-refractivity contribution in [2.45, 2.75) is 0 Å². The molecule has 0 spiro atoms. The van der Waals surface area contributed by atoms with Crippen molar-refractivity contribution in [1.82, 2.24) is 4.98 Å². The second-order valence-electron chi connectivity index (χ2n) is 3.27. The number of hydrogen-bond donors (Lipinski definition) is 1. The molecule has 0 bridgehead atoms. The van der Waals surface area contributed by atoms with Gasteiger partial charge in [0.2, 0.25) is 0 Å². The third kappa shape index (κ3) is 2.74. The summed E-state index contributed by atoms with van der Waals surface area (Å²) in [5, 5.41) is 8.72. The summed E-state index contributed by atoms with van der Waals surface area (Å²) in [6, 6.07) is 10.5. The number of ether oxygens (including phenoxy) is 1. The van der Waals surface area contributed by atoms with Gasteiger partial charge in [0, 0.05) is 16.7 Å². The maximum atomic E-state index is 8.72. The topological polar surface area (TPSA) is 71.9 Å². The number of halogens is 1. The van der Waals surface area contributed by atoms with E-state index in [1.807, 2.05) is 12.1 Å². The van der Waals surface area contributed by atoms with Gasteiger partial charge in [0.1, 0.15) is 23.3 Å². The smallest absolute Gasteiger partial charge is 0.150 e. The Bertz CT molecular complexity index is 593. The lowest BCUT2D eigenvalue weighted by Gasteiger charge is -2.08. The summed E-state index contributed by atoms with van der Waals surface area (Å²) in [4.78, 5) is 3.86. The minimum absolute atomic E-state index is 0.304. The fourth-order valence-electron chi connectivity index (χ4n) is 1.28. The molecule has 84 valence electrons. The van der Waals surface area contributed by atoms with Gasteiger partial charge in [-0.05, 0) is 24.3 Å². The molecule has 0 amide bonds. The zero-order chi connectivity index (χ0) is 12.3. The number of nitrogens with zero attached hydrogens (tertiary/aromatic N) is 2. The molecule has 0 unspecified atom stereocenters. The van der Waals surface area contributed by atoms with Gasteiger partial charge in [-0.3, -0.25) is 0 Å². The van der Waals surface area contributed by atoms with Crippen LogP contribution in [0.4, 0.5) is 5.69 Å². The predicted molar refractivity (Wildman–Crippen MR) is 67.6 cm³/mol. The van der Waals surface area contributed by atoms with Crippen molar-refractivity contribution < 1.29 is 4.74 Å². The average Bonchev–Trinajstić information content (AvgIpc) is 2.33. The number of nitrogen functional groups attached to an aromatic ring is 1.